The number of nitrogens with one attached hydrogen (secondary N) is 1. The number of benzene rings is 1. The zero-order chi connectivity index (χ0) is 25.6. The average molecular weight is 479 g/mol. The summed E-state index contributed by atoms with van der Waals surface area (Å²) in [5.41, 5.74) is 1.02. The fourth-order valence-electron chi connectivity index (χ4n) is 4.05. The van der Waals surface area contributed by atoms with Gasteiger partial charge in [0.15, 0.2) is 0 Å². The Labute approximate surface area is 205 Å². The number of ether oxygens (including phenoxy) is 1. The Balaban J connectivity index is 2.75. The molecule has 34 heavy (non-hydrogen) atoms. The maximum atomic E-state index is 12.1. The molecular formula is C27H46N2O5. The van der Waals surface area contributed by atoms with Crippen LogP contribution < -0.4 is 10.2 Å². The monoisotopic (exact) mass is 478 g/mol. The predicted octanol–water partition coefficient (Wildman–Crippen LogP) is 5.53. The van der Waals surface area contributed by atoms with Crippen molar-refractivity contribution < 1.29 is 24.5 Å². The lowest BCUT2D eigenvalue weighted by Crippen LogP contribution is -2.43. The third-order valence-electron chi connectivity index (χ3n) is 5.86. The SMILES string of the molecule is CCCCCCCCCC[C@@H](C(=O)O)N(C)c1ccccc1CC(CO)NC(=O)OC(C)(C)C. The molecule has 0 radical (unpaired) electrons. The smallest absolute Gasteiger partial charge is 0.407 e. The Morgan fingerprint density at radius 2 is 1.62 bits per heavy atom. The second-order valence-corrected chi connectivity index (χ2v) is 10.1. The lowest BCUT2D eigenvalue weighted by Gasteiger charge is -2.30. The van der Waals surface area contributed by atoms with E-state index in [1.165, 1.54) is 32.1 Å². The van der Waals surface area contributed by atoms with Crippen LogP contribution in [0.1, 0.15) is 91.0 Å². The molecule has 2 atom stereocenters. The van der Waals surface area contributed by atoms with Crippen LogP contribution in [0.3, 0.4) is 0 Å². The summed E-state index contributed by atoms with van der Waals surface area (Å²) in [4.78, 5) is 26.0. The number of amides is 1. The zero-order valence-corrected chi connectivity index (χ0v) is 21.8. The Hall–Kier alpha value is -2.28. The van der Waals surface area contributed by atoms with Crippen molar-refractivity contribution in [2.45, 2.75) is 110 Å². The van der Waals surface area contributed by atoms with Crippen LogP contribution >= 0.6 is 0 Å². The first-order valence-electron chi connectivity index (χ1n) is 12.7. The van der Waals surface area contributed by atoms with Gasteiger partial charge in [-0.1, -0.05) is 76.5 Å². The molecule has 1 rings (SSSR count). The minimum absolute atomic E-state index is 0.252. The van der Waals surface area contributed by atoms with E-state index in [2.05, 4.69) is 12.2 Å². The summed E-state index contributed by atoms with van der Waals surface area (Å²) < 4.78 is 5.30. The van der Waals surface area contributed by atoms with Gasteiger partial charge in [-0.2, -0.15) is 0 Å². The number of likely N-dealkylation sites (N-methyl/N-ethyl adjacent to an activating group) is 1. The first kappa shape index (κ1) is 29.8. The van der Waals surface area contributed by atoms with Crippen molar-refractivity contribution in [3.63, 3.8) is 0 Å². The molecule has 0 spiro atoms. The maximum Gasteiger partial charge on any atom is 0.407 e. The van der Waals surface area contributed by atoms with Gasteiger partial charge in [-0.05, 0) is 45.2 Å². The number of carboxylic acid groups (broad SMARTS) is 1. The van der Waals surface area contributed by atoms with Gasteiger partial charge in [0.2, 0.25) is 0 Å². The molecule has 3 N–H and O–H groups in total. The average Bonchev–Trinajstić information content (AvgIpc) is 2.76. The molecule has 7 nitrogen and oxygen atoms in total. The van der Waals surface area contributed by atoms with E-state index in [4.69, 9.17) is 4.74 Å². The van der Waals surface area contributed by atoms with Crippen LogP contribution in [0.2, 0.25) is 0 Å². The van der Waals surface area contributed by atoms with E-state index in [0.717, 1.165) is 30.5 Å². The summed E-state index contributed by atoms with van der Waals surface area (Å²) in [6.45, 7) is 7.30. The van der Waals surface area contributed by atoms with Gasteiger partial charge < -0.3 is 25.2 Å². The topological polar surface area (TPSA) is 99.1 Å². The van der Waals surface area contributed by atoms with Crippen molar-refractivity contribution in [1.29, 1.82) is 0 Å². The predicted molar refractivity (Wildman–Crippen MR) is 137 cm³/mol. The van der Waals surface area contributed by atoms with Crippen molar-refractivity contribution >= 4 is 17.7 Å². The summed E-state index contributed by atoms with van der Waals surface area (Å²) in [5, 5.41) is 22.4. The van der Waals surface area contributed by atoms with Gasteiger partial charge in [0.05, 0.1) is 12.6 Å². The summed E-state index contributed by atoms with van der Waals surface area (Å²) in [6, 6.07) is 6.37. The number of aliphatic hydroxyl groups is 1. The quantitative estimate of drug-likeness (QED) is 0.270. The molecule has 1 aromatic rings. The van der Waals surface area contributed by atoms with Crippen molar-refractivity contribution in [3.8, 4) is 0 Å². The highest BCUT2D eigenvalue weighted by molar-refractivity contribution is 5.78. The summed E-state index contributed by atoms with van der Waals surface area (Å²) in [5.74, 6) is -0.842. The number of nitrogens with zero attached hydrogens (tertiary/aromatic N) is 1. The number of anilines is 1. The zero-order valence-electron chi connectivity index (χ0n) is 21.8. The van der Waals surface area contributed by atoms with Crippen LogP contribution in [0.25, 0.3) is 0 Å². The maximum absolute atomic E-state index is 12.1. The van der Waals surface area contributed by atoms with E-state index in [1.807, 2.05) is 24.3 Å². The van der Waals surface area contributed by atoms with Gasteiger partial charge in [-0.25, -0.2) is 9.59 Å². The molecule has 1 unspecified atom stereocenters. The van der Waals surface area contributed by atoms with E-state index < -0.39 is 29.7 Å². The molecule has 0 aromatic heterocycles. The number of alkyl carbamates (subject to hydrolysis) is 1. The Bertz CT molecular complexity index is 732. The van der Waals surface area contributed by atoms with Crippen molar-refractivity contribution in [1.82, 2.24) is 5.32 Å². The third kappa shape index (κ3) is 11.7. The van der Waals surface area contributed by atoms with Crippen LogP contribution in [0.15, 0.2) is 24.3 Å². The number of carboxylic acids is 1. The molecule has 7 heteroatoms. The van der Waals surface area contributed by atoms with Crippen LogP contribution in [-0.2, 0) is 16.0 Å². The number of hydrogen-bond donors (Lipinski definition) is 3. The van der Waals surface area contributed by atoms with Crippen molar-refractivity contribution in [3.05, 3.63) is 29.8 Å². The molecule has 0 saturated carbocycles. The summed E-state index contributed by atoms with van der Waals surface area (Å²) >= 11 is 0. The fourth-order valence-corrected chi connectivity index (χ4v) is 4.05. The number of unbranched alkanes of at least 4 members (excludes halogenated alkanes) is 7. The van der Waals surface area contributed by atoms with Crippen LogP contribution in [0.5, 0.6) is 0 Å². The molecule has 0 fully saturated rings. The van der Waals surface area contributed by atoms with E-state index in [0.29, 0.717) is 12.8 Å². The number of aliphatic carboxylic acids is 1. The summed E-state index contributed by atoms with van der Waals surface area (Å²) in [6.07, 6.45) is 9.69. The minimum atomic E-state index is -0.842. The Morgan fingerprint density at radius 1 is 1.03 bits per heavy atom. The lowest BCUT2D eigenvalue weighted by atomic mass is 10.0. The molecule has 1 aromatic carbocycles. The molecule has 0 aliphatic carbocycles. The molecule has 194 valence electrons. The highest BCUT2D eigenvalue weighted by Crippen LogP contribution is 2.25. The standard InChI is InChI=1S/C27H46N2O5/c1-6-7-8-9-10-11-12-13-18-24(25(31)32)29(5)23-17-15-14-16-21(23)19-22(20-30)28-26(33)34-27(2,3)4/h14-17,22,24,30H,6-13,18-20H2,1-5H3,(H,28,33)(H,31,32)/t22?,24-/m0/s1. The fraction of sp³-hybridized carbons (Fsp3) is 0.704. The Kier molecular flexibility index (Phi) is 13.6. The van der Waals surface area contributed by atoms with Crippen molar-refractivity contribution in [2.24, 2.45) is 0 Å². The lowest BCUT2D eigenvalue weighted by molar-refractivity contribution is -0.138. The van der Waals surface area contributed by atoms with E-state index in [1.54, 1.807) is 32.7 Å². The first-order valence-corrected chi connectivity index (χ1v) is 12.7. The van der Waals surface area contributed by atoms with Gasteiger partial charge in [-0.15, -0.1) is 0 Å². The number of para-hydroxylation sites is 1. The van der Waals surface area contributed by atoms with Crippen molar-refractivity contribution in [2.75, 3.05) is 18.6 Å². The molecular weight excluding hydrogens is 432 g/mol. The Morgan fingerprint density at radius 3 is 2.18 bits per heavy atom. The number of rotatable bonds is 16. The van der Waals surface area contributed by atoms with Gasteiger partial charge in [0, 0.05) is 12.7 Å². The van der Waals surface area contributed by atoms with E-state index in [9.17, 15) is 19.8 Å². The van der Waals surface area contributed by atoms with Gasteiger partial charge in [0.25, 0.3) is 0 Å². The second kappa shape index (κ2) is 15.6. The molecule has 0 aliphatic rings. The highest BCUT2D eigenvalue weighted by Gasteiger charge is 2.25. The van der Waals surface area contributed by atoms with Gasteiger partial charge in [0.1, 0.15) is 11.6 Å². The van der Waals surface area contributed by atoms with Gasteiger partial charge in [-0.3, -0.25) is 0 Å². The normalized spacial score (nSPS) is 13.2. The molecule has 0 saturated heterocycles. The number of aliphatic hydroxyl groups excluding tert-OH is 1. The third-order valence-corrected chi connectivity index (χ3v) is 5.86. The van der Waals surface area contributed by atoms with Crippen LogP contribution in [0, 0.1) is 0 Å². The molecule has 1 amide bonds. The largest absolute Gasteiger partial charge is 0.480 e. The second-order valence-electron chi connectivity index (χ2n) is 10.1. The van der Waals surface area contributed by atoms with E-state index in [-0.39, 0.29) is 6.61 Å². The molecule has 0 aliphatic heterocycles. The van der Waals surface area contributed by atoms with E-state index >= 15 is 0 Å². The number of carbonyl (C=O) groups excluding carboxylic acids is 1. The molecule has 0 heterocycles. The summed E-state index contributed by atoms with van der Waals surface area (Å²) in [7, 11) is 1.80. The molecule has 0 bridgehead atoms. The highest BCUT2D eigenvalue weighted by atomic mass is 16.6. The van der Waals surface area contributed by atoms with Crippen LogP contribution in [-0.4, -0.2) is 53.6 Å². The number of carbonyl (C=O) groups is 2. The van der Waals surface area contributed by atoms with Crippen LogP contribution in [0.4, 0.5) is 10.5 Å². The number of hydrogen-bond acceptors (Lipinski definition) is 5. The minimum Gasteiger partial charge on any atom is -0.480 e. The van der Waals surface area contributed by atoms with Gasteiger partial charge >= 0.3 is 12.1 Å². The first-order chi connectivity index (χ1) is 16.1.